The fraction of sp³-hybridized carbons (Fsp3) is 0.417. The van der Waals surface area contributed by atoms with Crippen LogP contribution in [0.1, 0.15) is 26.5 Å². The molecule has 2 aromatic heterocycles. The number of hydrogen-bond acceptors (Lipinski definition) is 4. The maximum absolute atomic E-state index is 4.61. The molecular formula is C12H15BrN2S2. The molecule has 0 fully saturated rings. The van der Waals surface area contributed by atoms with Crippen molar-refractivity contribution in [1.82, 2.24) is 10.3 Å². The summed E-state index contributed by atoms with van der Waals surface area (Å²) in [4.78, 5) is 7.27. The van der Waals surface area contributed by atoms with Crippen molar-refractivity contribution in [3.8, 4) is 0 Å². The number of thiazole rings is 1. The highest BCUT2D eigenvalue weighted by Gasteiger charge is 2.16. The zero-order valence-corrected chi connectivity index (χ0v) is 13.3. The predicted octanol–water partition coefficient (Wildman–Crippen LogP) is 4.09. The highest BCUT2D eigenvalue weighted by Crippen LogP contribution is 2.32. The normalized spacial score (nSPS) is 12.9. The average molecular weight is 331 g/mol. The predicted molar refractivity (Wildman–Crippen MR) is 79.1 cm³/mol. The lowest BCUT2D eigenvalue weighted by Crippen LogP contribution is -2.18. The van der Waals surface area contributed by atoms with E-state index in [2.05, 4.69) is 51.5 Å². The van der Waals surface area contributed by atoms with Crippen molar-refractivity contribution in [2.45, 2.75) is 26.3 Å². The van der Waals surface area contributed by atoms with Gasteiger partial charge in [0.15, 0.2) is 0 Å². The second kappa shape index (κ2) is 5.61. The van der Waals surface area contributed by atoms with Gasteiger partial charge in [0.25, 0.3) is 0 Å². The van der Waals surface area contributed by atoms with E-state index in [4.69, 9.17) is 0 Å². The van der Waals surface area contributed by atoms with Gasteiger partial charge in [-0.3, -0.25) is 0 Å². The first-order chi connectivity index (χ1) is 8.11. The summed E-state index contributed by atoms with van der Waals surface area (Å²) in [6.45, 7) is 4.21. The van der Waals surface area contributed by atoms with Crippen molar-refractivity contribution >= 4 is 38.6 Å². The van der Waals surface area contributed by atoms with Gasteiger partial charge in [-0.15, -0.1) is 22.7 Å². The number of rotatable bonds is 4. The molecule has 0 spiro atoms. The Morgan fingerprint density at radius 1 is 1.47 bits per heavy atom. The van der Waals surface area contributed by atoms with Gasteiger partial charge >= 0.3 is 0 Å². The van der Waals surface area contributed by atoms with Crippen LogP contribution in [0.15, 0.2) is 15.9 Å². The van der Waals surface area contributed by atoms with Crippen LogP contribution in [0.5, 0.6) is 0 Å². The first-order valence-corrected chi connectivity index (χ1v) is 7.93. The van der Waals surface area contributed by atoms with Crippen molar-refractivity contribution in [2.75, 3.05) is 7.05 Å². The molecule has 0 saturated heterocycles. The molecule has 17 heavy (non-hydrogen) atoms. The quantitative estimate of drug-likeness (QED) is 0.913. The summed E-state index contributed by atoms with van der Waals surface area (Å²) in [5.74, 6) is 0. The van der Waals surface area contributed by atoms with E-state index in [0.717, 1.165) is 12.1 Å². The molecule has 2 nitrogen and oxygen atoms in total. The fourth-order valence-corrected chi connectivity index (χ4v) is 4.42. The molecule has 92 valence electrons. The standard InChI is InChI=1S/C12H15BrN2S2/c1-7-8(2)17-11(15-7)6-10(14-3)12-9(13)4-5-16-12/h4-5,10,14H,6H2,1-3H3. The molecule has 0 bridgehead atoms. The molecule has 2 rings (SSSR count). The summed E-state index contributed by atoms with van der Waals surface area (Å²) in [6.07, 6.45) is 0.953. The van der Waals surface area contributed by atoms with Crippen LogP contribution >= 0.6 is 38.6 Å². The zero-order valence-electron chi connectivity index (χ0n) is 10.1. The van der Waals surface area contributed by atoms with Gasteiger partial charge in [-0.1, -0.05) is 0 Å². The van der Waals surface area contributed by atoms with Crippen molar-refractivity contribution < 1.29 is 0 Å². The highest BCUT2D eigenvalue weighted by molar-refractivity contribution is 9.10. The van der Waals surface area contributed by atoms with E-state index in [0.29, 0.717) is 6.04 Å². The molecule has 1 N–H and O–H groups in total. The first kappa shape index (κ1) is 13.2. The van der Waals surface area contributed by atoms with Crippen molar-refractivity contribution in [1.29, 1.82) is 0 Å². The van der Waals surface area contributed by atoms with Gasteiger partial charge in [0, 0.05) is 26.7 Å². The summed E-state index contributed by atoms with van der Waals surface area (Å²) in [5.41, 5.74) is 1.16. The van der Waals surface area contributed by atoms with E-state index in [-0.39, 0.29) is 0 Å². The molecule has 0 radical (unpaired) electrons. The van der Waals surface area contributed by atoms with Crippen LogP contribution in [0.4, 0.5) is 0 Å². The third-order valence-electron chi connectivity index (χ3n) is 2.76. The third kappa shape index (κ3) is 2.96. The topological polar surface area (TPSA) is 24.9 Å². The molecule has 1 atom stereocenters. The fourth-order valence-electron chi connectivity index (χ4n) is 1.68. The second-order valence-electron chi connectivity index (χ2n) is 3.93. The molecular weight excluding hydrogens is 316 g/mol. The third-order valence-corrected chi connectivity index (χ3v) is 5.84. The van der Waals surface area contributed by atoms with E-state index in [1.165, 1.54) is 19.2 Å². The Morgan fingerprint density at radius 3 is 2.71 bits per heavy atom. The molecule has 1 unspecified atom stereocenters. The van der Waals surface area contributed by atoms with Crippen molar-refractivity contribution in [2.24, 2.45) is 0 Å². The van der Waals surface area contributed by atoms with Crippen molar-refractivity contribution in [3.63, 3.8) is 0 Å². The van der Waals surface area contributed by atoms with Gasteiger partial charge in [-0.05, 0) is 48.3 Å². The molecule has 0 aliphatic carbocycles. The Hall–Kier alpha value is -0.230. The Morgan fingerprint density at radius 2 is 2.24 bits per heavy atom. The number of hydrogen-bond donors (Lipinski definition) is 1. The molecule has 2 heterocycles. The molecule has 0 aliphatic heterocycles. The lowest BCUT2D eigenvalue weighted by atomic mass is 10.2. The molecule has 5 heteroatoms. The monoisotopic (exact) mass is 330 g/mol. The summed E-state index contributed by atoms with van der Waals surface area (Å²) < 4.78 is 1.19. The van der Waals surface area contributed by atoms with E-state index in [9.17, 15) is 0 Å². The summed E-state index contributed by atoms with van der Waals surface area (Å²) in [6, 6.07) is 2.44. The van der Waals surface area contributed by atoms with Crippen LogP contribution in [0.2, 0.25) is 0 Å². The van der Waals surface area contributed by atoms with Crippen molar-refractivity contribution in [3.05, 3.63) is 36.4 Å². The Bertz CT molecular complexity index is 485. The number of likely N-dealkylation sites (N-methyl/N-ethyl adjacent to an activating group) is 1. The van der Waals surface area contributed by atoms with Crippen LogP contribution in [0, 0.1) is 13.8 Å². The molecule has 0 aliphatic rings. The summed E-state index contributed by atoms with van der Waals surface area (Å²) in [7, 11) is 2.00. The van der Waals surface area contributed by atoms with E-state index in [1.54, 1.807) is 22.7 Å². The highest BCUT2D eigenvalue weighted by atomic mass is 79.9. The van der Waals surface area contributed by atoms with E-state index in [1.807, 2.05) is 7.05 Å². The van der Waals surface area contributed by atoms with Crippen LogP contribution in [0.25, 0.3) is 0 Å². The zero-order chi connectivity index (χ0) is 12.4. The summed E-state index contributed by atoms with van der Waals surface area (Å²) >= 11 is 7.17. The Balaban J connectivity index is 2.18. The van der Waals surface area contributed by atoms with Gasteiger partial charge in [0.05, 0.1) is 10.7 Å². The van der Waals surface area contributed by atoms with Gasteiger partial charge < -0.3 is 5.32 Å². The number of nitrogens with zero attached hydrogens (tertiary/aromatic N) is 1. The van der Waals surface area contributed by atoms with Gasteiger partial charge in [-0.25, -0.2) is 4.98 Å². The SMILES string of the molecule is CNC(Cc1nc(C)c(C)s1)c1sccc1Br. The number of aromatic nitrogens is 1. The largest absolute Gasteiger partial charge is 0.312 e. The van der Waals surface area contributed by atoms with E-state index >= 15 is 0 Å². The lowest BCUT2D eigenvalue weighted by Gasteiger charge is -2.13. The van der Waals surface area contributed by atoms with E-state index < -0.39 is 0 Å². The van der Waals surface area contributed by atoms with Crippen LogP contribution < -0.4 is 5.32 Å². The van der Waals surface area contributed by atoms with Crippen LogP contribution in [0.3, 0.4) is 0 Å². The minimum atomic E-state index is 0.342. The maximum Gasteiger partial charge on any atom is 0.0950 e. The average Bonchev–Trinajstić information content (AvgIpc) is 2.83. The Kier molecular flexibility index (Phi) is 4.36. The minimum absolute atomic E-state index is 0.342. The molecule has 0 amide bonds. The van der Waals surface area contributed by atoms with Gasteiger partial charge in [0.2, 0.25) is 0 Å². The van der Waals surface area contributed by atoms with Crippen LogP contribution in [-0.4, -0.2) is 12.0 Å². The maximum atomic E-state index is 4.61. The van der Waals surface area contributed by atoms with Gasteiger partial charge in [0.1, 0.15) is 0 Å². The summed E-state index contributed by atoms with van der Waals surface area (Å²) in [5, 5.41) is 6.69. The smallest absolute Gasteiger partial charge is 0.0950 e. The van der Waals surface area contributed by atoms with Gasteiger partial charge in [-0.2, -0.15) is 0 Å². The first-order valence-electron chi connectivity index (χ1n) is 5.45. The number of halogens is 1. The number of aryl methyl sites for hydroxylation is 2. The second-order valence-corrected chi connectivity index (χ2v) is 7.02. The minimum Gasteiger partial charge on any atom is -0.312 e. The van der Waals surface area contributed by atoms with Crippen LogP contribution in [-0.2, 0) is 6.42 Å². The lowest BCUT2D eigenvalue weighted by molar-refractivity contribution is 0.598. The number of nitrogens with one attached hydrogen (secondary N) is 1. The molecule has 2 aromatic rings. The molecule has 0 saturated carbocycles. The Labute approximate surface area is 118 Å². The number of thiophene rings is 1. The molecule has 0 aromatic carbocycles.